The van der Waals surface area contributed by atoms with Gasteiger partial charge in [0, 0.05) is 11.1 Å². The third-order valence-corrected chi connectivity index (χ3v) is 2.47. The summed E-state index contributed by atoms with van der Waals surface area (Å²) in [7, 11) is 0. The van der Waals surface area contributed by atoms with E-state index in [0.717, 1.165) is 0 Å². The number of nitrogens with zero attached hydrogens (tertiary/aromatic N) is 3. The van der Waals surface area contributed by atoms with Crippen molar-refractivity contribution in [2.24, 2.45) is 0 Å². The quantitative estimate of drug-likeness (QED) is 0.659. The van der Waals surface area contributed by atoms with Gasteiger partial charge in [0.15, 0.2) is 5.78 Å². The molecule has 0 saturated carbocycles. The van der Waals surface area contributed by atoms with Crippen molar-refractivity contribution in [1.82, 2.24) is 15.2 Å². The van der Waals surface area contributed by atoms with Gasteiger partial charge < -0.3 is 5.11 Å². The highest BCUT2D eigenvalue weighted by Gasteiger charge is 2.11. The highest BCUT2D eigenvalue weighted by Crippen LogP contribution is 2.17. The van der Waals surface area contributed by atoms with Gasteiger partial charge in [-0.15, -0.1) is 10.2 Å². The second kappa shape index (κ2) is 5.34. The number of rotatable bonds is 4. The Kier molecular flexibility index (Phi) is 3.61. The number of hydrogen-bond acceptors (Lipinski definition) is 5. The lowest BCUT2D eigenvalue weighted by Gasteiger charge is -2.03. The minimum Gasteiger partial charge on any atom is -0.481 e. The minimum atomic E-state index is -1.15. The van der Waals surface area contributed by atoms with Gasteiger partial charge >= 0.3 is 5.97 Å². The summed E-state index contributed by atoms with van der Waals surface area (Å²) in [6, 6.07) is 6.60. The molecule has 1 aromatic carbocycles. The predicted octanol–water partition coefficient (Wildman–Crippen LogP) is 1.50. The second-order valence-corrected chi connectivity index (χ2v) is 3.97. The van der Waals surface area contributed by atoms with E-state index in [-0.39, 0.29) is 0 Å². The zero-order valence-corrected chi connectivity index (χ0v) is 10.2. The second-order valence-electron chi connectivity index (χ2n) is 3.97. The molecule has 2 aromatic rings. The molecule has 0 fully saturated rings. The summed E-state index contributed by atoms with van der Waals surface area (Å²) in [5.74, 6) is -1.03. The number of hydrogen-bond donors (Lipinski definition) is 1. The molecule has 6 heteroatoms. The monoisotopic (exact) mass is 257 g/mol. The maximum Gasteiger partial charge on any atom is 0.311 e. The maximum absolute atomic E-state index is 11.7. The van der Waals surface area contributed by atoms with Crippen LogP contribution in [0.15, 0.2) is 30.5 Å². The number of aliphatic carboxylic acids is 1. The van der Waals surface area contributed by atoms with Crippen LogP contribution in [0.4, 0.5) is 0 Å². The molecule has 0 saturated heterocycles. The zero-order chi connectivity index (χ0) is 13.8. The van der Waals surface area contributed by atoms with E-state index in [1.807, 2.05) is 0 Å². The normalized spacial score (nSPS) is 10.2. The molecule has 0 spiro atoms. The van der Waals surface area contributed by atoms with E-state index in [9.17, 15) is 9.59 Å². The first-order chi connectivity index (χ1) is 9.06. The molecular weight excluding hydrogens is 246 g/mol. The fourth-order valence-electron chi connectivity index (χ4n) is 1.56. The Morgan fingerprint density at radius 2 is 2.05 bits per heavy atom. The lowest BCUT2D eigenvalue weighted by Crippen LogP contribution is -2.07. The summed E-state index contributed by atoms with van der Waals surface area (Å²) < 4.78 is 0. The van der Waals surface area contributed by atoms with Crippen molar-refractivity contribution >= 4 is 11.8 Å². The number of carbonyl (C=O) groups excluding carboxylic acids is 1. The molecule has 0 aliphatic heterocycles. The van der Waals surface area contributed by atoms with E-state index in [0.29, 0.717) is 22.6 Å². The first kappa shape index (κ1) is 12.8. The number of Topliss-reactive ketones (excluding diaryl/α,β-unsaturated/α-hetero) is 1. The molecule has 96 valence electrons. The maximum atomic E-state index is 11.7. The fourth-order valence-corrected chi connectivity index (χ4v) is 1.56. The fraction of sp³-hybridized carbons (Fsp3) is 0.154. The topological polar surface area (TPSA) is 93.0 Å². The van der Waals surface area contributed by atoms with E-state index in [1.54, 1.807) is 37.4 Å². The molecule has 0 aliphatic carbocycles. The van der Waals surface area contributed by atoms with Crippen LogP contribution in [0.1, 0.15) is 22.6 Å². The zero-order valence-electron chi connectivity index (χ0n) is 10.2. The van der Waals surface area contributed by atoms with Crippen molar-refractivity contribution in [3.8, 4) is 11.3 Å². The molecule has 0 amide bonds. The Morgan fingerprint density at radius 3 is 2.68 bits per heavy atom. The highest BCUT2D eigenvalue weighted by molar-refractivity contribution is 6.05. The molecule has 1 heterocycles. The Bertz CT molecular complexity index is 623. The molecule has 1 N–H and O–H groups in total. The molecule has 2 rings (SSSR count). The van der Waals surface area contributed by atoms with Crippen LogP contribution < -0.4 is 0 Å². The van der Waals surface area contributed by atoms with Crippen molar-refractivity contribution < 1.29 is 14.7 Å². The van der Waals surface area contributed by atoms with E-state index in [1.165, 1.54) is 0 Å². The summed E-state index contributed by atoms with van der Waals surface area (Å²) in [6.07, 6.45) is 1.03. The van der Waals surface area contributed by atoms with Crippen molar-refractivity contribution in [2.75, 3.05) is 0 Å². The Labute approximate surface area is 109 Å². The van der Waals surface area contributed by atoms with E-state index >= 15 is 0 Å². The molecule has 0 unspecified atom stereocenters. The number of carboxylic acid groups (broad SMARTS) is 1. The summed E-state index contributed by atoms with van der Waals surface area (Å²) >= 11 is 0. The SMILES string of the molecule is Cc1ncc(-c2cccc(C(=O)CC(=O)O)c2)nn1. The van der Waals surface area contributed by atoms with Crippen LogP contribution >= 0.6 is 0 Å². The van der Waals surface area contributed by atoms with Crippen LogP contribution in [-0.4, -0.2) is 32.0 Å². The first-order valence-electron chi connectivity index (χ1n) is 5.58. The smallest absolute Gasteiger partial charge is 0.311 e. The average Bonchev–Trinajstić information content (AvgIpc) is 2.39. The van der Waals surface area contributed by atoms with Crippen molar-refractivity contribution in [3.63, 3.8) is 0 Å². The number of ketones is 1. The average molecular weight is 257 g/mol. The van der Waals surface area contributed by atoms with Gasteiger partial charge in [-0.3, -0.25) is 9.59 Å². The summed E-state index contributed by atoms with van der Waals surface area (Å²) in [5, 5.41) is 16.4. The molecule has 0 radical (unpaired) electrons. The van der Waals surface area contributed by atoms with E-state index in [2.05, 4.69) is 15.2 Å². The van der Waals surface area contributed by atoms with Gasteiger partial charge in [0.25, 0.3) is 0 Å². The highest BCUT2D eigenvalue weighted by atomic mass is 16.4. The first-order valence-corrected chi connectivity index (χ1v) is 5.58. The van der Waals surface area contributed by atoms with E-state index in [4.69, 9.17) is 5.11 Å². The summed E-state index contributed by atoms with van der Waals surface area (Å²) in [4.78, 5) is 26.2. The summed E-state index contributed by atoms with van der Waals surface area (Å²) in [5.41, 5.74) is 1.55. The van der Waals surface area contributed by atoms with Crippen LogP contribution in [0.25, 0.3) is 11.3 Å². The molecular formula is C13H11N3O3. The minimum absolute atomic E-state index is 0.335. The van der Waals surface area contributed by atoms with Crippen LogP contribution in [0.3, 0.4) is 0 Å². The number of aromatic nitrogens is 3. The van der Waals surface area contributed by atoms with Gasteiger partial charge in [0.05, 0.1) is 6.20 Å². The molecule has 0 bridgehead atoms. The third-order valence-electron chi connectivity index (χ3n) is 2.47. The van der Waals surface area contributed by atoms with E-state index < -0.39 is 18.2 Å². The molecule has 6 nitrogen and oxygen atoms in total. The van der Waals surface area contributed by atoms with Crippen molar-refractivity contribution in [3.05, 3.63) is 41.9 Å². The van der Waals surface area contributed by atoms with Crippen molar-refractivity contribution in [1.29, 1.82) is 0 Å². The van der Waals surface area contributed by atoms with Gasteiger partial charge in [-0.25, -0.2) is 4.98 Å². The van der Waals surface area contributed by atoms with Gasteiger partial charge in [-0.05, 0) is 13.0 Å². The largest absolute Gasteiger partial charge is 0.481 e. The Balaban J connectivity index is 2.31. The van der Waals surface area contributed by atoms with Crippen molar-refractivity contribution in [2.45, 2.75) is 13.3 Å². The lowest BCUT2D eigenvalue weighted by molar-refractivity contribution is -0.135. The third kappa shape index (κ3) is 3.19. The van der Waals surface area contributed by atoms with Crippen LogP contribution in [0, 0.1) is 6.92 Å². The predicted molar refractivity (Wildman–Crippen MR) is 66.6 cm³/mol. The Hall–Kier alpha value is -2.63. The lowest BCUT2D eigenvalue weighted by atomic mass is 10.0. The molecule has 19 heavy (non-hydrogen) atoms. The number of carboxylic acids is 1. The van der Waals surface area contributed by atoms with Crippen LogP contribution in [-0.2, 0) is 4.79 Å². The molecule has 0 atom stereocenters. The standard InChI is InChI=1S/C13H11N3O3/c1-8-14-7-11(16-15-8)9-3-2-4-10(5-9)12(17)6-13(18)19/h2-5,7H,6H2,1H3,(H,18,19). The van der Waals surface area contributed by atoms with Gasteiger partial charge in [-0.1, -0.05) is 18.2 Å². The number of carbonyl (C=O) groups is 2. The summed E-state index contributed by atoms with van der Waals surface area (Å²) in [6.45, 7) is 1.73. The number of aryl methyl sites for hydroxylation is 1. The molecule has 1 aromatic heterocycles. The molecule has 0 aliphatic rings. The van der Waals surface area contributed by atoms with Crippen LogP contribution in [0.5, 0.6) is 0 Å². The number of benzene rings is 1. The van der Waals surface area contributed by atoms with Crippen LogP contribution in [0.2, 0.25) is 0 Å². The van der Waals surface area contributed by atoms with Gasteiger partial charge in [0.1, 0.15) is 17.9 Å². The Morgan fingerprint density at radius 1 is 1.26 bits per heavy atom. The van der Waals surface area contributed by atoms with Gasteiger partial charge in [0.2, 0.25) is 0 Å². The van der Waals surface area contributed by atoms with Gasteiger partial charge in [-0.2, -0.15) is 0 Å².